The van der Waals surface area contributed by atoms with Gasteiger partial charge in [0.25, 0.3) is 0 Å². The third-order valence-electron chi connectivity index (χ3n) is 2.87. The van der Waals surface area contributed by atoms with Crippen LogP contribution in [0.15, 0.2) is 18.2 Å². The average Bonchev–Trinajstić information content (AvgIpc) is 2.42. The summed E-state index contributed by atoms with van der Waals surface area (Å²) in [6.07, 6.45) is 0.0725. The van der Waals surface area contributed by atoms with Gasteiger partial charge in [0, 0.05) is 19.3 Å². The van der Waals surface area contributed by atoms with Crippen molar-refractivity contribution in [1.82, 2.24) is 5.32 Å². The molecule has 116 valence electrons. The first-order valence-electron chi connectivity index (χ1n) is 6.39. The molecule has 1 aromatic rings. The number of carbonyl (C=O) groups excluding carboxylic acids is 1. The van der Waals surface area contributed by atoms with Gasteiger partial charge in [-0.1, -0.05) is 6.07 Å². The highest BCUT2D eigenvalue weighted by Crippen LogP contribution is 2.12. The average molecular weight is 301 g/mol. The van der Waals surface area contributed by atoms with Gasteiger partial charge in [-0.3, -0.25) is 4.79 Å². The second kappa shape index (κ2) is 8.31. The van der Waals surface area contributed by atoms with Gasteiger partial charge in [-0.15, -0.1) is 0 Å². The summed E-state index contributed by atoms with van der Waals surface area (Å²) in [6, 6.07) is 2.16. The predicted octanol–water partition coefficient (Wildman–Crippen LogP) is 1.50. The lowest BCUT2D eigenvalue weighted by atomic mass is 10.1. The summed E-state index contributed by atoms with van der Waals surface area (Å²) in [5.41, 5.74) is -0.379. The van der Waals surface area contributed by atoms with Crippen molar-refractivity contribution >= 4 is 11.9 Å². The highest BCUT2D eigenvalue weighted by molar-refractivity contribution is 5.84. The van der Waals surface area contributed by atoms with Gasteiger partial charge in [-0.25, -0.2) is 13.6 Å². The van der Waals surface area contributed by atoms with Crippen LogP contribution in [0.25, 0.3) is 0 Å². The van der Waals surface area contributed by atoms with E-state index in [2.05, 4.69) is 5.32 Å². The molecule has 0 bridgehead atoms. The number of rotatable bonds is 8. The van der Waals surface area contributed by atoms with E-state index in [9.17, 15) is 18.4 Å². The maximum absolute atomic E-state index is 13.4. The van der Waals surface area contributed by atoms with Crippen LogP contribution in [-0.4, -0.2) is 36.7 Å². The van der Waals surface area contributed by atoms with Crippen molar-refractivity contribution < 1.29 is 28.2 Å². The Hall–Kier alpha value is -2.02. The quantitative estimate of drug-likeness (QED) is 0.714. The normalized spacial score (nSPS) is 12.0. The van der Waals surface area contributed by atoms with E-state index in [1.165, 1.54) is 13.2 Å². The van der Waals surface area contributed by atoms with Crippen LogP contribution in [0.3, 0.4) is 0 Å². The topological polar surface area (TPSA) is 75.6 Å². The second-order valence-electron chi connectivity index (χ2n) is 4.47. The van der Waals surface area contributed by atoms with Crippen LogP contribution in [0.1, 0.15) is 18.4 Å². The van der Waals surface area contributed by atoms with E-state index < -0.39 is 36.0 Å². The third kappa shape index (κ3) is 5.47. The fourth-order valence-electron chi connectivity index (χ4n) is 1.80. The number of methoxy groups -OCH3 is 1. The van der Waals surface area contributed by atoms with Crippen LogP contribution in [0.4, 0.5) is 8.78 Å². The Bertz CT molecular complexity index is 487. The number of benzene rings is 1. The molecule has 0 saturated carbocycles. The van der Waals surface area contributed by atoms with Crippen LogP contribution >= 0.6 is 0 Å². The zero-order valence-electron chi connectivity index (χ0n) is 11.6. The third-order valence-corrected chi connectivity index (χ3v) is 2.87. The maximum atomic E-state index is 13.4. The molecule has 0 saturated heterocycles. The summed E-state index contributed by atoms with van der Waals surface area (Å²) in [4.78, 5) is 22.7. The highest BCUT2D eigenvalue weighted by Gasteiger charge is 2.21. The van der Waals surface area contributed by atoms with E-state index in [-0.39, 0.29) is 12.0 Å². The van der Waals surface area contributed by atoms with Crippen molar-refractivity contribution in [3.63, 3.8) is 0 Å². The molecule has 1 rings (SSSR count). The van der Waals surface area contributed by atoms with Crippen molar-refractivity contribution in [2.24, 2.45) is 0 Å². The zero-order valence-corrected chi connectivity index (χ0v) is 11.6. The number of carboxylic acid groups (broad SMARTS) is 1. The Morgan fingerprint density at radius 3 is 2.48 bits per heavy atom. The summed E-state index contributed by atoms with van der Waals surface area (Å²) < 4.78 is 31.6. The number of hydrogen-bond donors (Lipinski definition) is 2. The van der Waals surface area contributed by atoms with Crippen molar-refractivity contribution in [1.29, 1.82) is 0 Å². The van der Waals surface area contributed by atoms with Crippen LogP contribution in [-0.2, 0) is 20.7 Å². The van der Waals surface area contributed by atoms with Gasteiger partial charge in [-0.2, -0.15) is 0 Å². The number of nitrogens with one attached hydrogen (secondary N) is 1. The first-order valence-corrected chi connectivity index (χ1v) is 6.39. The summed E-state index contributed by atoms with van der Waals surface area (Å²) in [6.45, 7) is 0.363. The molecule has 0 aliphatic heterocycles. The fraction of sp³-hybridized carbons (Fsp3) is 0.429. The molecule has 1 aromatic carbocycles. The largest absolute Gasteiger partial charge is 0.480 e. The van der Waals surface area contributed by atoms with Crippen molar-refractivity contribution in [2.45, 2.75) is 25.3 Å². The van der Waals surface area contributed by atoms with E-state index >= 15 is 0 Å². The van der Waals surface area contributed by atoms with Gasteiger partial charge in [0.2, 0.25) is 5.91 Å². The van der Waals surface area contributed by atoms with Gasteiger partial charge in [-0.05, 0) is 25.0 Å². The minimum atomic E-state index is -1.20. The summed E-state index contributed by atoms with van der Waals surface area (Å²) in [5, 5.41) is 11.2. The smallest absolute Gasteiger partial charge is 0.326 e. The summed E-state index contributed by atoms with van der Waals surface area (Å²) in [5.74, 6) is -3.62. The van der Waals surface area contributed by atoms with Crippen LogP contribution in [0.2, 0.25) is 0 Å². The molecule has 0 spiro atoms. The van der Waals surface area contributed by atoms with E-state index in [0.717, 1.165) is 12.1 Å². The van der Waals surface area contributed by atoms with E-state index in [0.29, 0.717) is 13.0 Å². The first-order chi connectivity index (χ1) is 9.95. The number of hydrogen-bond acceptors (Lipinski definition) is 3. The Morgan fingerprint density at radius 1 is 1.33 bits per heavy atom. The molecule has 2 N–H and O–H groups in total. The second-order valence-corrected chi connectivity index (χ2v) is 4.47. The Morgan fingerprint density at radius 2 is 1.95 bits per heavy atom. The Labute approximate surface area is 120 Å². The van der Waals surface area contributed by atoms with Crippen molar-refractivity contribution in [3.8, 4) is 0 Å². The molecule has 1 amide bonds. The molecular weight excluding hydrogens is 284 g/mol. The monoisotopic (exact) mass is 301 g/mol. The first kappa shape index (κ1) is 17.0. The van der Waals surface area contributed by atoms with Gasteiger partial charge < -0.3 is 15.2 Å². The molecule has 0 radical (unpaired) electrons. The Kier molecular flexibility index (Phi) is 6.74. The summed E-state index contributed by atoms with van der Waals surface area (Å²) in [7, 11) is 1.48. The Balaban J connectivity index is 2.63. The number of carbonyl (C=O) groups is 2. The molecule has 5 nitrogen and oxygen atoms in total. The number of aliphatic carboxylic acids is 1. The lowest BCUT2D eigenvalue weighted by Gasteiger charge is -2.14. The number of amides is 1. The van der Waals surface area contributed by atoms with E-state index in [1.54, 1.807) is 0 Å². The molecule has 1 unspecified atom stereocenters. The molecule has 21 heavy (non-hydrogen) atoms. The highest BCUT2D eigenvalue weighted by atomic mass is 19.1. The molecule has 0 fully saturated rings. The van der Waals surface area contributed by atoms with E-state index in [4.69, 9.17) is 9.84 Å². The molecule has 0 aliphatic rings. The molecule has 0 heterocycles. The fourth-order valence-corrected chi connectivity index (χ4v) is 1.80. The summed E-state index contributed by atoms with van der Waals surface area (Å²) >= 11 is 0. The SMILES string of the molecule is COCCCC(NC(=O)Cc1c(F)cccc1F)C(=O)O. The number of halogens is 2. The molecule has 0 aromatic heterocycles. The zero-order chi connectivity index (χ0) is 15.8. The van der Waals surface area contributed by atoms with Gasteiger partial charge in [0.1, 0.15) is 17.7 Å². The van der Waals surface area contributed by atoms with Crippen LogP contribution in [0.5, 0.6) is 0 Å². The van der Waals surface area contributed by atoms with Gasteiger partial charge in [0.15, 0.2) is 0 Å². The van der Waals surface area contributed by atoms with Crippen LogP contribution < -0.4 is 5.32 Å². The number of ether oxygens (including phenoxy) is 1. The molecule has 1 atom stereocenters. The van der Waals surface area contributed by atoms with Crippen LogP contribution in [0, 0.1) is 11.6 Å². The predicted molar refractivity (Wildman–Crippen MR) is 70.7 cm³/mol. The van der Waals surface area contributed by atoms with Crippen molar-refractivity contribution in [2.75, 3.05) is 13.7 Å². The molecule has 7 heteroatoms. The number of carboxylic acids is 1. The lowest BCUT2D eigenvalue weighted by Crippen LogP contribution is -2.41. The molecular formula is C14H17F2NO4. The maximum Gasteiger partial charge on any atom is 0.326 e. The minimum Gasteiger partial charge on any atom is -0.480 e. The van der Waals surface area contributed by atoms with E-state index in [1.807, 2.05) is 0 Å². The standard InChI is InChI=1S/C14H17F2NO4/c1-21-7-3-6-12(14(19)20)17-13(18)8-9-10(15)4-2-5-11(9)16/h2,4-5,12H,3,6-8H2,1H3,(H,17,18)(H,19,20). The van der Waals surface area contributed by atoms with Gasteiger partial charge >= 0.3 is 5.97 Å². The minimum absolute atomic E-state index is 0.175. The molecule has 0 aliphatic carbocycles. The van der Waals surface area contributed by atoms with Crippen molar-refractivity contribution in [3.05, 3.63) is 35.4 Å². The van der Waals surface area contributed by atoms with Gasteiger partial charge in [0.05, 0.1) is 6.42 Å². The lowest BCUT2D eigenvalue weighted by molar-refractivity contribution is -0.142.